The molecule has 0 saturated carbocycles. The normalized spacial score (nSPS) is 11.1. The van der Waals surface area contributed by atoms with Gasteiger partial charge in [0, 0.05) is 45.9 Å². The maximum absolute atomic E-state index is 11.8. The molecule has 2 aromatic carbocycles. The summed E-state index contributed by atoms with van der Waals surface area (Å²) in [5, 5.41) is 17.1. The zero-order valence-electron chi connectivity index (χ0n) is 15.6. The second kappa shape index (κ2) is 6.79. The first-order valence-corrected chi connectivity index (χ1v) is 9.07. The van der Waals surface area contributed by atoms with E-state index in [2.05, 4.69) is 26.3 Å². The van der Waals surface area contributed by atoms with E-state index in [4.69, 9.17) is 4.74 Å². The molecule has 3 heterocycles. The van der Waals surface area contributed by atoms with Crippen molar-refractivity contribution in [2.75, 3.05) is 12.4 Å². The van der Waals surface area contributed by atoms with Crippen LogP contribution in [-0.4, -0.2) is 22.1 Å². The SMILES string of the molecule is COc1cc2ncnc(Nc3ccc4[nH]ccc4c3)c2cc1-c1ccc[n+]([O-])c1. The van der Waals surface area contributed by atoms with Crippen molar-refractivity contribution in [1.82, 2.24) is 15.0 Å². The monoisotopic (exact) mass is 383 g/mol. The zero-order chi connectivity index (χ0) is 19.8. The number of fused-ring (bicyclic) bond motifs is 2. The van der Waals surface area contributed by atoms with Crippen molar-refractivity contribution in [3.8, 4) is 16.9 Å². The van der Waals surface area contributed by atoms with Crippen molar-refractivity contribution >= 4 is 33.3 Å². The number of rotatable bonds is 4. The van der Waals surface area contributed by atoms with E-state index in [0.717, 1.165) is 43.4 Å². The van der Waals surface area contributed by atoms with Gasteiger partial charge < -0.3 is 20.2 Å². The van der Waals surface area contributed by atoms with Gasteiger partial charge in [0.25, 0.3) is 0 Å². The van der Waals surface area contributed by atoms with Crippen molar-refractivity contribution in [2.24, 2.45) is 0 Å². The fourth-order valence-corrected chi connectivity index (χ4v) is 3.46. The van der Waals surface area contributed by atoms with Crippen LogP contribution in [0.5, 0.6) is 5.75 Å². The average molecular weight is 383 g/mol. The first kappa shape index (κ1) is 17.0. The molecule has 29 heavy (non-hydrogen) atoms. The first-order chi connectivity index (χ1) is 14.2. The van der Waals surface area contributed by atoms with Crippen LogP contribution in [0.15, 0.2) is 73.4 Å². The van der Waals surface area contributed by atoms with Crippen LogP contribution in [0.25, 0.3) is 32.9 Å². The fraction of sp³-hybridized carbons (Fsp3) is 0.0455. The van der Waals surface area contributed by atoms with Gasteiger partial charge in [0.2, 0.25) is 0 Å². The third-order valence-corrected chi connectivity index (χ3v) is 4.86. The lowest BCUT2D eigenvalue weighted by Crippen LogP contribution is -2.23. The Morgan fingerprint density at radius 1 is 1.10 bits per heavy atom. The molecule has 0 aliphatic carbocycles. The third-order valence-electron chi connectivity index (χ3n) is 4.86. The van der Waals surface area contributed by atoms with E-state index in [1.165, 1.54) is 18.7 Å². The number of hydrogen-bond acceptors (Lipinski definition) is 5. The van der Waals surface area contributed by atoms with Crippen molar-refractivity contribution < 1.29 is 9.47 Å². The molecule has 5 rings (SSSR count). The van der Waals surface area contributed by atoms with Crippen molar-refractivity contribution in [2.45, 2.75) is 0 Å². The average Bonchev–Trinajstić information content (AvgIpc) is 3.21. The Hall–Kier alpha value is -4.13. The van der Waals surface area contributed by atoms with Gasteiger partial charge in [-0.3, -0.25) is 0 Å². The molecule has 0 spiro atoms. The Balaban J connectivity index is 1.64. The highest BCUT2D eigenvalue weighted by Gasteiger charge is 2.14. The molecule has 2 N–H and O–H groups in total. The van der Waals surface area contributed by atoms with Gasteiger partial charge in [-0.1, -0.05) is 0 Å². The highest BCUT2D eigenvalue weighted by molar-refractivity contribution is 5.96. The van der Waals surface area contributed by atoms with Gasteiger partial charge in [-0.15, -0.1) is 0 Å². The number of H-pyrrole nitrogens is 1. The molecule has 0 fully saturated rings. The van der Waals surface area contributed by atoms with E-state index in [9.17, 15) is 5.21 Å². The van der Waals surface area contributed by atoms with Crippen molar-refractivity contribution in [1.29, 1.82) is 0 Å². The summed E-state index contributed by atoms with van der Waals surface area (Å²) in [4.78, 5) is 12.0. The number of nitrogens with one attached hydrogen (secondary N) is 2. The van der Waals surface area contributed by atoms with Crippen LogP contribution in [0.1, 0.15) is 0 Å². The Morgan fingerprint density at radius 2 is 2.03 bits per heavy atom. The molecule has 0 bridgehead atoms. The second-order valence-electron chi connectivity index (χ2n) is 6.65. The first-order valence-electron chi connectivity index (χ1n) is 9.07. The predicted molar refractivity (Wildman–Crippen MR) is 112 cm³/mol. The Morgan fingerprint density at radius 3 is 2.90 bits per heavy atom. The van der Waals surface area contributed by atoms with Crippen molar-refractivity contribution in [3.05, 3.63) is 78.7 Å². The van der Waals surface area contributed by atoms with Crippen LogP contribution >= 0.6 is 0 Å². The van der Waals surface area contributed by atoms with Crippen LogP contribution < -0.4 is 14.8 Å². The summed E-state index contributed by atoms with van der Waals surface area (Å²) in [5.74, 6) is 1.32. The maximum Gasteiger partial charge on any atom is 0.188 e. The lowest BCUT2D eigenvalue weighted by atomic mass is 10.0. The van der Waals surface area contributed by atoms with Crippen LogP contribution in [0.4, 0.5) is 11.5 Å². The van der Waals surface area contributed by atoms with Gasteiger partial charge in [0.1, 0.15) is 17.9 Å². The number of methoxy groups -OCH3 is 1. The maximum atomic E-state index is 11.8. The van der Waals surface area contributed by atoms with Gasteiger partial charge in [-0.05, 0) is 36.4 Å². The van der Waals surface area contributed by atoms with Crippen LogP contribution in [0, 0.1) is 5.21 Å². The van der Waals surface area contributed by atoms with Gasteiger partial charge in [0.15, 0.2) is 12.4 Å². The highest BCUT2D eigenvalue weighted by atomic mass is 16.5. The summed E-state index contributed by atoms with van der Waals surface area (Å²) in [6, 6.07) is 15.5. The van der Waals surface area contributed by atoms with Gasteiger partial charge >= 0.3 is 0 Å². The van der Waals surface area contributed by atoms with Crippen LogP contribution in [0.2, 0.25) is 0 Å². The Bertz CT molecular complexity index is 1350. The number of aromatic amines is 1. The van der Waals surface area contributed by atoms with Gasteiger partial charge in [0.05, 0.1) is 18.2 Å². The largest absolute Gasteiger partial charge is 0.619 e. The molecule has 7 heteroatoms. The zero-order valence-corrected chi connectivity index (χ0v) is 15.6. The van der Waals surface area contributed by atoms with E-state index in [0.29, 0.717) is 11.6 Å². The smallest absolute Gasteiger partial charge is 0.188 e. The van der Waals surface area contributed by atoms with Gasteiger partial charge in [-0.2, -0.15) is 4.73 Å². The lowest BCUT2D eigenvalue weighted by molar-refractivity contribution is -0.604. The summed E-state index contributed by atoms with van der Waals surface area (Å²) in [7, 11) is 1.60. The third kappa shape index (κ3) is 3.08. The molecule has 0 radical (unpaired) electrons. The number of nitrogens with zero attached hydrogens (tertiary/aromatic N) is 3. The molecule has 0 atom stereocenters. The van der Waals surface area contributed by atoms with Crippen molar-refractivity contribution in [3.63, 3.8) is 0 Å². The molecule has 0 unspecified atom stereocenters. The molecule has 0 aliphatic heterocycles. The minimum Gasteiger partial charge on any atom is -0.619 e. The number of ether oxygens (including phenoxy) is 1. The number of anilines is 2. The second-order valence-corrected chi connectivity index (χ2v) is 6.65. The number of hydrogen-bond donors (Lipinski definition) is 2. The molecular formula is C22H17N5O2. The summed E-state index contributed by atoms with van der Waals surface area (Å²) in [6.45, 7) is 0. The number of aromatic nitrogens is 4. The Labute approximate surface area is 166 Å². The van der Waals surface area contributed by atoms with E-state index in [-0.39, 0.29) is 0 Å². The van der Waals surface area contributed by atoms with Crippen LogP contribution in [0.3, 0.4) is 0 Å². The highest BCUT2D eigenvalue weighted by Crippen LogP contribution is 2.35. The Kier molecular flexibility index (Phi) is 3.98. The van der Waals surface area contributed by atoms with E-state index in [1.54, 1.807) is 13.2 Å². The predicted octanol–water partition coefficient (Wildman–Crippen LogP) is 4.16. The molecule has 7 nitrogen and oxygen atoms in total. The quantitative estimate of drug-likeness (QED) is 0.359. The molecule has 142 valence electrons. The summed E-state index contributed by atoms with van der Waals surface area (Å²) in [6.07, 6.45) is 6.40. The molecule has 0 amide bonds. The summed E-state index contributed by atoms with van der Waals surface area (Å²) >= 11 is 0. The lowest BCUT2D eigenvalue weighted by Gasteiger charge is -2.13. The molecule has 5 aromatic rings. The van der Waals surface area contributed by atoms with Crippen LogP contribution in [-0.2, 0) is 0 Å². The minimum absolute atomic E-state index is 0.641. The van der Waals surface area contributed by atoms with E-state index in [1.807, 2.05) is 42.6 Å². The van der Waals surface area contributed by atoms with Gasteiger partial charge in [-0.25, -0.2) is 9.97 Å². The van der Waals surface area contributed by atoms with E-state index < -0.39 is 0 Å². The number of pyridine rings is 1. The minimum atomic E-state index is 0.641. The molecule has 3 aromatic heterocycles. The topological polar surface area (TPSA) is 89.8 Å². The summed E-state index contributed by atoms with van der Waals surface area (Å²) < 4.78 is 6.32. The summed E-state index contributed by atoms with van der Waals surface area (Å²) in [5.41, 5.74) is 4.29. The van der Waals surface area contributed by atoms with E-state index >= 15 is 0 Å². The number of benzene rings is 2. The molecular weight excluding hydrogens is 366 g/mol. The fourth-order valence-electron chi connectivity index (χ4n) is 3.46. The molecule has 0 saturated heterocycles. The molecule has 0 aliphatic rings. The standard InChI is InChI=1S/C22H17N5O2/c1-29-21-11-20-18(10-17(21)15-3-2-8-27(28)12-15)22(25-13-24-20)26-16-4-5-19-14(9-16)6-7-23-19/h2-13,23H,1H3,(H,24,25,26).